The third kappa shape index (κ3) is 2.39. The van der Waals surface area contributed by atoms with Crippen molar-refractivity contribution in [2.24, 2.45) is 0 Å². The fourth-order valence-corrected chi connectivity index (χ4v) is 2.72. The normalized spacial score (nSPS) is 13.2. The molecule has 20 heavy (non-hydrogen) atoms. The number of rotatable bonds is 4. The lowest BCUT2D eigenvalue weighted by atomic mass is 10.1. The number of carbonyl (C=O) groups excluding carboxylic acids is 1. The van der Waals surface area contributed by atoms with Gasteiger partial charge >= 0.3 is 0 Å². The van der Waals surface area contributed by atoms with Crippen LogP contribution in [-0.2, 0) is 24.3 Å². The SMILES string of the molecule is CCn1cccc1CNc1cc2c(cc1Cl)NC(=O)C2. The summed E-state index contributed by atoms with van der Waals surface area (Å²) in [6, 6.07) is 7.88. The summed E-state index contributed by atoms with van der Waals surface area (Å²) in [5.74, 6) is 0.0214. The van der Waals surface area contributed by atoms with Gasteiger partial charge in [0.15, 0.2) is 0 Å². The van der Waals surface area contributed by atoms with Crippen LogP contribution in [0.4, 0.5) is 11.4 Å². The molecule has 1 amide bonds. The lowest BCUT2D eigenvalue weighted by Crippen LogP contribution is -2.06. The summed E-state index contributed by atoms with van der Waals surface area (Å²) >= 11 is 6.25. The molecule has 2 N–H and O–H groups in total. The second kappa shape index (κ2) is 5.21. The summed E-state index contributed by atoms with van der Waals surface area (Å²) in [7, 11) is 0. The minimum Gasteiger partial charge on any atom is -0.378 e. The van der Waals surface area contributed by atoms with Gasteiger partial charge in [-0.1, -0.05) is 11.6 Å². The predicted octanol–water partition coefficient (Wildman–Crippen LogP) is 3.27. The van der Waals surface area contributed by atoms with Gasteiger partial charge in [0, 0.05) is 24.1 Å². The Labute approximate surface area is 122 Å². The number of fused-ring (bicyclic) bond motifs is 1. The molecular weight excluding hydrogens is 274 g/mol. The summed E-state index contributed by atoms with van der Waals surface area (Å²) in [6.45, 7) is 3.77. The number of halogens is 1. The quantitative estimate of drug-likeness (QED) is 0.907. The molecule has 0 spiro atoms. The molecule has 2 heterocycles. The van der Waals surface area contributed by atoms with E-state index < -0.39 is 0 Å². The van der Waals surface area contributed by atoms with E-state index in [4.69, 9.17) is 11.6 Å². The van der Waals surface area contributed by atoms with E-state index in [0.29, 0.717) is 18.0 Å². The van der Waals surface area contributed by atoms with Gasteiger partial charge in [-0.2, -0.15) is 0 Å². The first-order valence-electron chi connectivity index (χ1n) is 6.67. The minimum absolute atomic E-state index is 0.0214. The highest BCUT2D eigenvalue weighted by molar-refractivity contribution is 6.33. The largest absolute Gasteiger partial charge is 0.378 e. The van der Waals surface area contributed by atoms with Gasteiger partial charge in [-0.05, 0) is 36.8 Å². The summed E-state index contributed by atoms with van der Waals surface area (Å²) in [6.07, 6.45) is 2.48. The van der Waals surface area contributed by atoms with Crippen LogP contribution in [0.25, 0.3) is 0 Å². The van der Waals surface area contributed by atoms with Crippen molar-refractivity contribution < 1.29 is 4.79 Å². The molecule has 1 aliphatic heterocycles. The number of anilines is 2. The molecule has 3 rings (SSSR count). The Morgan fingerprint density at radius 2 is 2.30 bits per heavy atom. The molecule has 0 aliphatic carbocycles. The highest BCUT2D eigenvalue weighted by Gasteiger charge is 2.19. The highest BCUT2D eigenvalue weighted by Crippen LogP contribution is 2.33. The van der Waals surface area contributed by atoms with E-state index in [1.807, 2.05) is 18.2 Å². The summed E-state index contributed by atoms with van der Waals surface area (Å²) < 4.78 is 2.18. The number of aryl methyl sites for hydroxylation is 1. The van der Waals surface area contributed by atoms with Gasteiger partial charge in [0.05, 0.1) is 23.7 Å². The number of hydrogen-bond donors (Lipinski definition) is 2. The Hall–Kier alpha value is -1.94. The van der Waals surface area contributed by atoms with Gasteiger partial charge in [0.25, 0.3) is 0 Å². The van der Waals surface area contributed by atoms with Gasteiger partial charge in [-0.15, -0.1) is 0 Å². The fraction of sp³-hybridized carbons (Fsp3) is 0.267. The van der Waals surface area contributed by atoms with E-state index in [0.717, 1.165) is 23.5 Å². The molecule has 0 unspecified atom stereocenters. The molecule has 0 fully saturated rings. The molecule has 1 aliphatic rings. The number of hydrogen-bond acceptors (Lipinski definition) is 2. The van der Waals surface area contributed by atoms with Crippen molar-refractivity contribution in [1.82, 2.24) is 4.57 Å². The second-order valence-corrected chi connectivity index (χ2v) is 5.26. The van der Waals surface area contributed by atoms with Gasteiger partial charge in [-0.25, -0.2) is 0 Å². The summed E-state index contributed by atoms with van der Waals surface area (Å²) in [5.41, 5.74) is 3.89. The van der Waals surface area contributed by atoms with Crippen LogP contribution < -0.4 is 10.6 Å². The molecule has 104 valence electrons. The topological polar surface area (TPSA) is 46.1 Å². The summed E-state index contributed by atoms with van der Waals surface area (Å²) in [5, 5.41) is 6.77. The van der Waals surface area contributed by atoms with Crippen LogP contribution in [0, 0.1) is 0 Å². The monoisotopic (exact) mass is 289 g/mol. The first-order valence-corrected chi connectivity index (χ1v) is 7.05. The van der Waals surface area contributed by atoms with Crippen LogP contribution in [0.2, 0.25) is 5.02 Å². The average Bonchev–Trinajstić information content (AvgIpc) is 3.00. The van der Waals surface area contributed by atoms with E-state index in [-0.39, 0.29) is 5.91 Å². The third-order valence-corrected chi connectivity index (χ3v) is 3.85. The van der Waals surface area contributed by atoms with Gasteiger partial charge in [0.1, 0.15) is 0 Å². The number of aromatic nitrogens is 1. The highest BCUT2D eigenvalue weighted by atomic mass is 35.5. The smallest absolute Gasteiger partial charge is 0.228 e. The zero-order valence-electron chi connectivity index (χ0n) is 11.2. The van der Waals surface area contributed by atoms with E-state index in [1.165, 1.54) is 5.69 Å². The number of nitrogens with one attached hydrogen (secondary N) is 2. The Bertz CT molecular complexity index is 663. The van der Waals surface area contributed by atoms with Gasteiger partial charge < -0.3 is 15.2 Å². The van der Waals surface area contributed by atoms with Crippen LogP contribution in [0.5, 0.6) is 0 Å². The van der Waals surface area contributed by atoms with E-state index in [9.17, 15) is 4.79 Å². The van der Waals surface area contributed by atoms with Crippen molar-refractivity contribution in [3.63, 3.8) is 0 Å². The first-order chi connectivity index (χ1) is 9.67. The second-order valence-electron chi connectivity index (χ2n) is 4.85. The predicted molar refractivity (Wildman–Crippen MR) is 81.2 cm³/mol. The van der Waals surface area contributed by atoms with Crippen molar-refractivity contribution in [3.05, 3.63) is 46.7 Å². The Morgan fingerprint density at radius 3 is 3.10 bits per heavy atom. The first kappa shape index (κ1) is 13.1. The van der Waals surface area contributed by atoms with Crippen molar-refractivity contribution in [2.45, 2.75) is 26.4 Å². The number of nitrogens with zero attached hydrogens (tertiary/aromatic N) is 1. The standard InChI is InChI=1S/C15H16ClN3O/c1-2-19-5-3-4-11(19)9-17-14-6-10-7-15(20)18-13(10)8-12(14)16/h3-6,8,17H,2,7,9H2,1H3,(H,18,20). The van der Waals surface area contributed by atoms with Crippen molar-refractivity contribution >= 4 is 28.9 Å². The molecule has 0 atom stereocenters. The Kier molecular flexibility index (Phi) is 3.40. The third-order valence-electron chi connectivity index (χ3n) is 3.54. The Morgan fingerprint density at radius 1 is 1.45 bits per heavy atom. The lowest BCUT2D eigenvalue weighted by Gasteiger charge is -2.12. The maximum Gasteiger partial charge on any atom is 0.228 e. The molecule has 2 aromatic rings. The minimum atomic E-state index is 0.0214. The zero-order valence-corrected chi connectivity index (χ0v) is 12.0. The fourth-order valence-electron chi connectivity index (χ4n) is 2.49. The molecule has 0 radical (unpaired) electrons. The molecule has 4 nitrogen and oxygen atoms in total. The van der Waals surface area contributed by atoms with Crippen LogP contribution in [0.15, 0.2) is 30.5 Å². The van der Waals surface area contributed by atoms with Crippen molar-refractivity contribution in [3.8, 4) is 0 Å². The van der Waals surface area contributed by atoms with Crippen molar-refractivity contribution in [1.29, 1.82) is 0 Å². The molecule has 1 aromatic heterocycles. The van der Waals surface area contributed by atoms with E-state index >= 15 is 0 Å². The van der Waals surface area contributed by atoms with Gasteiger partial charge in [0.2, 0.25) is 5.91 Å². The van der Waals surface area contributed by atoms with E-state index in [2.05, 4.69) is 34.4 Å². The van der Waals surface area contributed by atoms with Crippen molar-refractivity contribution in [2.75, 3.05) is 10.6 Å². The number of amides is 1. The molecule has 5 heteroatoms. The van der Waals surface area contributed by atoms with Gasteiger partial charge in [-0.3, -0.25) is 4.79 Å². The number of carbonyl (C=O) groups is 1. The molecular formula is C15H16ClN3O. The summed E-state index contributed by atoms with van der Waals surface area (Å²) in [4.78, 5) is 11.4. The molecule has 1 aromatic carbocycles. The maximum atomic E-state index is 11.4. The Balaban J connectivity index is 1.78. The van der Waals surface area contributed by atoms with Crippen LogP contribution in [-0.4, -0.2) is 10.5 Å². The lowest BCUT2D eigenvalue weighted by molar-refractivity contribution is -0.115. The molecule has 0 bridgehead atoms. The molecule has 0 saturated heterocycles. The maximum absolute atomic E-state index is 11.4. The van der Waals surface area contributed by atoms with Crippen LogP contribution >= 0.6 is 11.6 Å². The van der Waals surface area contributed by atoms with E-state index in [1.54, 1.807) is 0 Å². The zero-order chi connectivity index (χ0) is 14.1. The van der Waals surface area contributed by atoms with Crippen LogP contribution in [0.3, 0.4) is 0 Å². The molecule has 0 saturated carbocycles. The number of benzene rings is 1. The van der Waals surface area contributed by atoms with Crippen LogP contribution in [0.1, 0.15) is 18.2 Å². The average molecular weight is 290 g/mol.